The van der Waals surface area contributed by atoms with Crippen LogP contribution in [0, 0.1) is 0 Å². The maximum Gasteiger partial charge on any atom is 0.273 e. The van der Waals surface area contributed by atoms with Crippen molar-refractivity contribution in [1.82, 2.24) is 24.0 Å². The lowest BCUT2D eigenvalue weighted by Gasteiger charge is -2.38. The van der Waals surface area contributed by atoms with Crippen LogP contribution in [0.5, 0.6) is 0 Å². The molecule has 7 nitrogen and oxygen atoms in total. The second-order valence-electron chi connectivity index (χ2n) is 8.24. The van der Waals surface area contributed by atoms with Crippen LogP contribution in [-0.4, -0.2) is 76.4 Å². The van der Waals surface area contributed by atoms with Crippen LogP contribution in [0.15, 0.2) is 10.6 Å². The molecule has 0 spiro atoms. The summed E-state index contributed by atoms with van der Waals surface area (Å²) in [6.45, 7) is 7.83. The molecule has 8 heteroatoms. The van der Waals surface area contributed by atoms with E-state index >= 15 is 0 Å². The molecule has 27 heavy (non-hydrogen) atoms. The van der Waals surface area contributed by atoms with Crippen LogP contribution in [0.2, 0.25) is 0 Å². The third kappa shape index (κ3) is 5.04. The van der Waals surface area contributed by atoms with Crippen LogP contribution < -0.4 is 5.32 Å². The zero-order chi connectivity index (χ0) is 18.8. The van der Waals surface area contributed by atoms with Gasteiger partial charge < -0.3 is 14.7 Å². The molecule has 4 rings (SSSR count). The zero-order valence-corrected chi connectivity index (χ0v) is 17.2. The molecular formula is C19H31N5O2S. The molecule has 3 heterocycles. The first kappa shape index (κ1) is 19.2. The molecule has 2 saturated heterocycles. The van der Waals surface area contributed by atoms with E-state index in [0.717, 1.165) is 57.6 Å². The number of carbonyl (C=O) groups is 1. The van der Waals surface area contributed by atoms with E-state index in [2.05, 4.69) is 38.0 Å². The highest BCUT2D eigenvalue weighted by molar-refractivity contribution is 7.94. The third-order valence-corrected chi connectivity index (χ3v) is 7.14. The number of hydrogen-bond acceptors (Lipinski definition) is 7. The van der Waals surface area contributed by atoms with E-state index in [1.807, 2.05) is 18.2 Å². The summed E-state index contributed by atoms with van der Waals surface area (Å²) in [5, 5.41) is 7.12. The van der Waals surface area contributed by atoms with Crippen molar-refractivity contribution in [1.29, 1.82) is 0 Å². The van der Waals surface area contributed by atoms with Crippen molar-refractivity contribution in [3.63, 3.8) is 0 Å². The van der Waals surface area contributed by atoms with Crippen LogP contribution in [0.25, 0.3) is 0 Å². The fraction of sp³-hybridized carbons (Fsp3) is 0.789. The molecule has 1 aromatic rings. The summed E-state index contributed by atoms with van der Waals surface area (Å²) in [6, 6.07) is 2.47. The smallest absolute Gasteiger partial charge is 0.273 e. The van der Waals surface area contributed by atoms with Crippen LogP contribution in [0.4, 0.5) is 0 Å². The first-order chi connectivity index (χ1) is 13.1. The van der Waals surface area contributed by atoms with Crippen LogP contribution in [-0.2, 0) is 0 Å². The molecule has 2 atom stereocenters. The predicted molar refractivity (Wildman–Crippen MR) is 106 cm³/mol. The number of nitrogens with one attached hydrogen (secondary N) is 1. The number of aromatic nitrogens is 1. The highest BCUT2D eigenvalue weighted by Crippen LogP contribution is 2.40. The molecule has 150 valence electrons. The minimum Gasteiger partial charge on any atom is -0.360 e. The minimum absolute atomic E-state index is 0.0977. The molecule has 0 aromatic carbocycles. The number of rotatable bonds is 5. The van der Waals surface area contributed by atoms with Gasteiger partial charge in [0, 0.05) is 62.4 Å². The summed E-state index contributed by atoms with van der Waals surface area (Å²) in [5.41, 5.74) is 0.426. The van der Waals surface area contributed by atoms with Crippen molar-refractivity contribution in [3.8, 4) is 0 Å². The molecule has 1 saturated carbocycles. The Labute approximate surface area is 166 Å². The van der Waals surface area contributed by atoms with Crippen LogP contribution >= 0.6 is 12.1 Å². The monoisotopic (exact) mass is 393 g/mol. The highest BCUT2D eigenvalue weighted by Gasteiger charge is 2.31. The van der Waals surface area contributed by atoms with Crippen molar-refractivity contribution in [2.75, 3.05) is 39.8 Å². The van der Waals surface area contributed by atoms with Crippen LogP contribution in [0.3, 0.4) is 0 Å². The Morgan fingerprint density at radius 1 is 1.22 bits per heavy atom. The largest absolute Gasteiger partial charge is 0.360 e. The number of amides is 1. The maximum atomic E-state index is 12.5. The molecule has 2 aliphatic heterocycles. The van der Waals surface area contributed by atoms with Gasteiger partial charge in [0.25, 0.3) is 5.91 Å². The SMILES string of the molecule is CC1CC(NC(=O)c2cc(C3CC3)on2)CCN1SN1CCCN(C)CC1. The summed E-state index contributed by atoms with van der Waals surface area (Å²) < 4.78 is 10.3. The van der Waals surface area contributed by atoms with E-state index in [9.17, 15) is 4.79 Å². The Hall–Kier alpha value is -1.09. The van der Waals surface area contributed by atoms with E-state index in [4.69, 9.17) is 4.52 Å². The molecule has 3 aliphatic rings. The van der Waals surface area contributed by atoms with Gasteiger partial charge in [-0.3, -0.25) is 4.79 Å². The molecule has 0 bridgehead atoms. The molecule has 1 N–H and O–H groups in total. The summed E-state index contributed by atoms with van der Waals surface area (Å²) in [6.07, 6.45) is 5.48. The normalized spacial score (nSPS) is 28.8. The molecule has 3 fully saturated rings. The van der Waals surface area contributed by atoms with E-state index in [-0.39, 0.29) is 11.9 Å². The fourth-order valence-corrected chi connectivity index (χ4v) is 4.98. The highest BCUT2D eigenvalue weighted by atomic mass is 32.2. The fourth-order valence-electron chi connectivity index (χ4n) is 3.87. The second kappa shape index (κ2) is 8.51. The summed E-state index contributed by atoms with van der Waals surface area (Å²) in [7, 11) is 2.20. The van der Waals surface area contributed by atoms with E-state index in [1.54, 1.807) is 0 Å². The predicted octanol–water partition coefficient (Wildman–Crippen LogP) is 2.34. The average Bonchev–Trinajstić information content (AvgIpc) is 3.41. The van der Waals surface area contributed by atoms with Crippen molar-refractivity contribution in [2.45, 2.75) is 57.0 Å². The van der Waals surface area contributed by atoms with Crippen molar-refractivity contribution >= 4 is 18.0 Å². The average molecular weight is 394 g/mol. The molecule has 1 amide bonds. The van der Waals surface area contributed by atoms with E-state index in [1.165, 1.54) is 13.0 Å². The summed E-state index contributed by atoms with van der Waals surface area (Å²) in [5.74, 6) is 1.25. The van der Waals surface area contributed by atoms with Gasteiger partial charge in [-0.2, -0.15) is 0 Å². The van der Waals surface area contributed by atoms with Gasteiger partial charge in [0.2, 0.25) is 0 Å². The lowest BCUT2D eigenvalue weighted by molar-refractivity contribution is 0.0906. The molecule has 1 aliphatic carbocycles. The van der Waals surface area contributed by atoms with Gasteiger partial charge in [-0.25, -0.2) is 8.61 Å². The zero-order valence-electron chi connectivity index (χ0n) is 16.4. The molecule has 1 aromatic heterocycles. The minimum atomic E-state index is -0.0977. The quantitative estimate of drug-likeness (QED) is 0.770. The number of likely N-dealkylation sites (N-methyl/N-ethyl adjacent to an activating group) is 1. The van der Waals surface area contributed by atoms with Gasteiger partial charge >= 0.3 is 0 Å². The van der Waals surface area contributed by atoms with Gasteiger partial charge in [-0.05, 0) is 52.6 Å². The first-order valence-electron chi connectivity index (χ1n) is 10.2. The maximum absolute atomic E-state index is 12.5. The van der Waals surface area contributed by atoms with Crippen molar-refractivity contribution in [2.24, 2.45) is 0 Å². The Kier molecular flexibility index (Phi) is 6.06. The lowest BCUT2D eigenvalue weighted by Crippen LogP contribution is -2.47. The molecule has 0 radical (unpaired) electrons. The van der Waals surface area contributed by atoms with Crippen LogP contribution in [0.1, 0.15) is 61.2 Å². The Morgan fingerprint density at radius 2 is 2.07 bits per heavy atom. The Bertz CT molecular complexity index is 650. The molecule has 2 unspecified atom stereocenters. The van der Waals surface area contributed by atoms with Gasteiger partial charge in [-0.15, -0.1) is 0 Å². The van der Waals surface area contributed by atoms with Crippen molar-refractivity contribution in [3.05, 3.63) is 17.5 Å². The first-order valence-corrected chi connectivity index (χ1v) is 11.0. The van der Waals surface area contributed by atoms with Gasteiger partial charge in [0.1, 0.15) is 5.76 Å². The number of nitrogens with zero attached hydrogens (tertiary/aromatic N) is 4. The Balaban J connectivity index is 1.24. The standard InChI is InChI=1S/C19H31N5O2S/c1-14-12-16(20-19(25)17-13-18(26-21-17)15-4-5-15)6-9-24(14)27-23-8-3-7-22(2)10-11-23/h13-16H,3-12H2,1-2H3,(H,20,25). The van der Waals surface area contributed by atoms with Gasteiger partial charge in [0.15, 0.2) is 5.69 Å². The van der Waals surface area contributed by atoms with E-state index < -0.39 is 0 Å². The number of hydrogen-bond donors (Lipinski definition) is 1. The topological polar surface area (TPSA) is 64.9 Å². The Morgan fingerprint density at radius 3 is 2.85 bits per heavy atom. The van der Waals surface area contributed by atoms with Gasteiger partial charge in [0.05, 0.1) is 0 Å². The number of carbonyl (C=O) groups excluding carboxylic acids is 1. The molecular weight excluding hydrogens is 362 g/mol. The number of piperidine rings is 1. The summed E-state index contributed by atoms with van der Waals surface area (Å²) >= 11 is 1.90. The summed E-state index contributed by atoms with van der Waals surface area (Å²) in [4.78, 5) is 14.9. The second-order valence-corrected chi connectivity index (χ2v) is 9.39. The van der Waals surface area contributed by atoms with Gasteiger partial charge in [-0.1, -0.05) is 5.16 Å². The third-order valence-electron chi connectivity index (χ3n) is 5.79. The van der Waals surface area contributed by atoms with E-state index in [0.29, 0.717) is 17.7 Å². The van der Waals surface area contributed by atoms with Crippen molar-refractivity contribution < 1.29 is 9.32 Å². The lowest BCUT2D eigenvalue weighted by atomic mass is 10.0.